The molecule has 1 fully saturated rings. The predicted octanol–water partition coefficient (Wildman–Crippen LogP) is 0.586. The van der Waals surface area contributed by atoms with Crippen LogP contribution in [0, 0.1) is 5.92 Å². The van der Waals surface area contributed by atoms with Gasteiger partial charge in [0.1, 0.15) is 0 Å². The van der Waals surface area contributed by atoms with Crippen molar-refractivity contribution in [2.45, 2.75) is 12.8 Å². The van der Waals surface area contributed by atoms with Gasteiger partial charge in [-0.15, -0.1) is 0 Å². The lowest BCUT2D eigenvalue weighted by Crippen LogP contribution is -2.09. The number of cyclic esters (lactones) is 1. The molecule has 0 spiro atoms. The zero-order chi connectivity index (χ0) is 7.40. The monoisotopic (exact) mass is 144 g/mol. The Morgan fingerprint density at radius 1 is 1.80 bits per heavy atom. The highest BCUT2D eigenvalue weighted by atomic mass is 16.5. The van der Waals surface area contributed by atoms with E-state index in [9.17, 15) is 4.79 Å². The standard InChI is InChI=1S/C7H12O3/c1-9-4-2-6-3-5-10-7(6)8/h6H,2-5H2,1H3/t6-/m0/s1. The van der Waals surface area contributed by atoms with Crippen LogP contribution in [0.3, 0.4) is 0 Å². The summed E-state index contributed by atoms with van der Waals surface area (Å²) in [7, 11) is 1.64. The van der Waals surface area contributed by atoms with Gasteiger partial charge in [-0.3, -0.25) is 4.79 Å². The van der Waals surface area contributed by atoms with Crippen LogP contribution in [0.15, 0.2) is 0 Å². The molecule has 0 aromatic carbocycles. The Bertz CT molecular complexity index is 122. The molecule has 3 heteroatoms. The van der Waals surface area contributed by atoms with E-state index in [1.54, 1.807) is 7.11 Å². The normalized spacial score (nSPS) is 24.9. The highest BCUT2D eigenvalue weighted by Crippen LogP contribution is 2.17. The van der Waals surface area contributed by atoms with Crippen LogP contribution < -0.4 is 0 Å². The van der Waals surface area contributed by atoms with Crippen LogP contribution in [-0.4, -0.2) is 26.3 Å². The Kier molecular flexibility index (Phi) is 2.68. The maximum absolute atomic E-state index is 10.8. The molecule has 0 aliphatic carbocycles. The summed E-state index contributed by atoms with van der Waals surface area (Å²) in [5.74, 6) is 0.0389. The van der Waals surface area contributed by atoms with Crippen LogP contribution in [0.1, 0.15) is 12.8 Å². The average molecular weight is 144 g/mol. The molecule has 0 aromatic heterocycles. The van der Waals surface area contributed by atoms with Gasteiger partial charge in [0.2, 0.25) is 0 Å². The van der Waals surface area contributed by atoms with Crippen LogP contribution in [-0.2, 0) is 14.3 Å². The Morgan fingerprint density at radius 3 is 3.10 bits per heavy atom. The zero-order valence-corrected chi connectivity index (χ0v) is 6.13. The van der Waals surface area contributed by atoms with Crippen molar-refractivity contribution in [3.63, 3.8) is 0 Å². The van der Waals surface area contributed by atoms with E-state index in [1.165, 1.54) is 0 Å². The number of hydrogen-bond acceptors (Lipinski definition) is 3. The van der Waals surface area contributed by atoms with Gasteiger partial charge >= 0.3 is 5.97 Å². The molecule has 0 N–H and O–H groups in total. The van der Waals surface area contributed by atoms with Crippen LogP contribution >= 0.6 is 0 Å². The molecule has 0 unspecified atom stereocenters. The van der Waals surface area contributed by atoms with Crippen LogP contribution in [0.25, 0.3) is 0 Å². The molecule has 0 bridgehead atoms. The first-order valence-corrected chi connectivity index (χ1v) is 3.50. The summed E-state index contributed by atoms with van der Waals surface area (Å²) < 4.78 is 9.61. The number of carbonyl (C=O) groups excluding carboxylic acids is 1. The van der Waals surface area contributed by atoms with E-state index >= 15 is 0 Å². The van der Waals surface area contributed by atoms with Gasteiger partial charge in [-0.1, -0.05) is 0 Å². The van der Waals surface area contributed by atoms with Gasteiger partial charge in [0, 0.05) is 13.7 Å². The summed E-state index contributed by atoms with van der Waals surface area (Å²) in [4.78, 5) is 10.8. The molecule has 1 heterocycles. The highest BCUT2D eigenvalue weighted by molar-refractivity contribution is 5.73. The fraction of sp³-hybridized carbons (Fsp3) is 0.857. The first-order chi connectivity index (χ1) is 4.84. The van der Waals surface area contributed by atoms with Crippen molar-refractivity contribution in [3.8, 4) is 0 Å². The van der Waals surface area contributed by atoms with E-state index in [-0.39, 0.29) is 11.9 Å². The largest absolute Gasteiger partial charge is 0.465 e. The van der Waals surface area contributed by atoms with Gasteiger partial charge in [-0.25, -0.2) is 0 Å². The summed E-state index contributed by atoms with van der Waals surface area (Å²) in [5.41, 5.74) is 0. The second-order valence-electron chi connectivity index (χ2n) is 2.43. The summed E-state index contributed by atoms with van der Waals surface area (Å²) in [5, 5.41) is 0. The summed E-state index contributed by atoms with van der Waals surface area (Å²) in [6.07, 6.45) is 1.66. The number of methoxy groups -OCH3 is 1. The lowest BCUT2D eigenvalue weighted by Gasteiger charge is -2.01. The first-order valence-electron chi connectivity index (χ1n) is 3.50. The minimum atomic E-state index is -0.0583. The lowest BCUT2D eigenvalue weighted by molar-refractivity contribution is -0.141. The maximum atomic E-state index is 10.8. The van der Waals surface area contributed by atoms with Gasteiger partial charge in [-0.05, 0) is 12.8 Å². The molecule has 1 aliphatic heterocycles. The van der Waals surface area contributed by atoms with Crippen molar-refractivity contribution in [2.24, 2.45) is 5.92 Å². The molecule has 0 aromatic rings. The first kappa shape index (κ1) is 7.54. The molecule has 1 atom stereocenters. The molecule has 58 valence electrons. The van der Waals surface area contributed by atoms with E-state index in [4.69, 9.17) is 9.47 Å². The average Bonchev–Trinajstić information content (AvgIpc) is 2.31. The minimum Gasteiger partial charge on any atom is -0.465 e. The third kappa shape index (κ3) is 1.70. The van der Waals surface area contributed by atoms with Crippen molar-refractivity contribution in [2.75, 3.05) is 20.3 Å². The minimum absolute atomic E-state index is 0.0583. The van der Waals surface area contributed by atoms with Gasteiger partial charge < -0.3 is 9.47 Å². The Balaban J connectivity index is 2.20. The molecular formula is C7H12O3. The summed E-state index contributed by atoms with van der Waals surface area (Å²) in [6.45, 7) is 1.24. The lowest BCUT2D eigenvalue weighted by atomic mass is 10.1. The van der Waals surface area contributed by atoms with E-state index in [2.05, 4.69) is 0 Å². The maximum Gasteiger partial charge on any atom is 0.309 e. The molecular weight excluding hydrogens is 132 g/mol. The fourth-order valence-electron chi connectivity index (χ4n) is 1.06. The number of hydrogen-bond donors (Lipinski definition) is 0. The van der Waals surface area contributed by atoms with Crippen LogP contribution in [0.4, 0.5) is 0 Å². The molecule has 1 saturated heterocycles. The topological polar surface area (TPSA) is 35.5 Å². The zero-order valence-electron chi connectivity index (χ0n) is 6.13. The van der Waals surface area contributed by atoms with Crippen LogP contribution in [0.2, 0.25) is 0 Å². The Labute approximate surface area is 60.3 Å². The van der Waals surface area contributed by atoms with Gasteiger partial charge in [0.15, 0.2) is 0 Å². The number of esters is 1. The van der Waals surface area contributed by atoms with Gasteiger partial charge in [0.25, 0.3) is 0 Å². The smallest absolute Gasteiger partial charge is 0.309 e. The quantitative estimate of drug-likeness (QED) is 0.544. The third-order valence-electron chi connectivity index (χ3n) is 1.71. The van der Waals surface area contributed by atoms with Crippen molar-refractivity contribution in [1.82, 2.24) is 0 Å². The SMILES string of the molecule is COCC[C@H]1CCOC1=O. The molecule has 1 rings (SSSR count). The van der Waals surface area contributed by atoms with Crippen molar-refractivity contribution >= 4 is 5.97 Å². The fourth-order valence-corrected chi connectivity index (χ4v) is 1.06. The van der Waals surface area contributed by atoms with Crippen molar-refractivity contribution < 1.29 is 14.3 Å². The van der Waals surface area contributed by atoms with E-state index in [1.807, 2.05) is 0 Å². The van der Waals surface area contributed by atoms with E-state index in [0.717, 1.165) is 12.8 Å². The predicted molar refractivity (Wildman–Crippen MR) is 35.6 cm³/mol. The molecule has 10 heavy (non-hydrogen) atoms. The van der Waals surface area contributed by atoms with Crippen molar-refractivity contribution in [3.05, 3.63) is 0 Å². The Hall–Kier alpha value is -0.570. The summed E-state index contributed by atoms with van der Waals surface area (Å²) in [6, 6.07) is 0. The third-order valence-corrected chi connectivity index (χ3v) is 1.71. The second kappa shape index (κ2) is 3.56. The molecule has 3 nitrogen and oxygen atoms in total. The van der Waals surface area contributed by atoms with E-state index < -0.39 is 0 Å². The molecule has 0 radical (unpaired) electrons. The number of carbonyl (C=O) groups is 1. The van der Waals surface area contributed by atoms with Crippen LogP contribution in [0.5, 0.6) is 0 Å². The molecule has 0 amide bonds. The highest BCUT2D eigenvalue weighted by Gasteiger charge is 2.25. The second-order valence-corrected chi connectivity index (χ2v) is 2.43. The molecule has 0 saturated carbocycles. The summed E-state index contributed by atoms with van der Waals surface area (Å²) >= 11 is 0. The van der Waals surface area contributed by atoms with Crippen molar-refractivity contribution in [1.29, 1.82) is 0 Å². The van der Waals surface area contributed by atoms with Gasteiger partial charge in [0.05, 0.1) is 12.5 Å². The Morgan fingerprint density at radius 2 is 2.60 bits per heavy atom. The van der Waals surface area contributed by atoms with Gasteiger partial charge in [-0.2, -0.15) is 0 Å². The number of rotatable bonds is 3. The van der Waals surface area contributed by atoms with E-state index in [0.29, 0.717) is 13.2 Å². The number of ether oxygens (including phenoxy) is 2. The molecule has 1 aliphatic rings.